The van der Waals surface area contributed by atoms with Crippen LogP contribution in [0.25, 0.3) is 0 Å². The first kappa shape index (κ1) is 22.3. The van der Waals surface area contributed by atoms with Crippen molar-refractivity contribution < 1.29 is 9.59 Å². The lowest BCUT2D eigenvalue weighted by Crippen LogP contribution is -2.51. The molecule has 1 aromatic rings. The van der Waals surface area contributed by atoms with E-state index in [0.717, 1.165) is 19.3 Å². The molecule has 2 unspecified atom stereocenters. The lowest BCUT2D eigenvalue weighted by atomic mass is 9.90. The molecule has 150 valence electrons. The van der Waals surface area contributed by atoms with Crippen LogP contribution < -0.4 is 5.73 Å². The highest BCUT2D eigenvalue weighted by Gasteiger charge is 2.38. The minimum absolute atomic E-state index is 0. The molecule has 3 rings (SSSR count). The van der Waals surface area contributed by atoms with Crippen molar-refractivity contribution in [3.05, 3.63) is 33.8 Å². The minimum atomic E-state index is -0.413. The number of halogens is 3. The summed E-state index contributed by atoms with van der Waals surface area (Å²) in [5.74, 6) is 0.279. The molecule has 0 radical (unpaired) electrons. The van der Waals surface area contributed by atoms with Crippen LogP contribution in [0.1, 0.15) is 43.0 Å². The van der Waals surface area contributed by atoms with E-state index < -0.39 is 6.04 Å². The smallest absolute Gasteiger partial charge is 0.256 e. The molecule has 2 N–H and O–H groups in total. The Balaban J connectivity index is 0.00000261. The molecule has 0 aromatic heterocycles. The third-order valence-electron chi connectivity index (χ3n) is 5.55. The van der Waals surface area contributed by atoms with Gasteiger partial charge in [-0.3, -0.25) is 9.59 Å². The van der Waals surface area contributed by atoms with Crippen LogP contribution in [0.3, 0.4) is 0 Å². The van der Waals surface area contributed by atoms with Gasteiger partial charge in [0.1, 0.15) is 6.04 Å². The maximum Gasteiger partial charge on any atom is 0.256 e. The van der Waals surface area contributed by atoms with Gasteiger partial charge in [-0.25, -0.2) is 0 Å². The summed E-state index contributed by atoms with van der Waals surface area (Å²) in [4.78, 5) is 29.5. The largest absolute Gasteiger partial charge is 0.341 e. The van der Waals surface area contributed by atoms with Gasteiger partial charge < -0.3 is 15.5 Å². The monoisotopic (exact) mass is 433 g/mol. The summed E-state index contributed by atoms with van der Waals surface area (Å²) >= 11 is 12.2. The molecule has 2 heterocycles. The quantitative estimate of drug-likeness (QED) is 0.790. The van der Waals surface area contributed by atoms with Crippen molar-refractivity contribution in [1.82, 2.24) is 9.80 Å². The first-order chi connectivity index (χ1) is 12.4. The summed E-state index contributed by atoms with van der Waals surface area (Å²) in [5.41, 5.74) is 6.34. The van der Waals surface area contributed by atoms with Crippen LogP contribution in [0, 0.1) is 5.92 Å². The van der Waals surface area contributed by atoms with E-state index in [0.29, 0.717) is 47.6 Å². The first-order valence-electron chi connectivity index (χ1n) is 9.19. The van der Waals surface area contributed by atoms with Gasteiger partial charge in [0.05, 0.1) is 10.6 Å². The van der Waals surface area contributed by atoms with Crippen molar-refractivity contribution in [3.63, 3.8) is 0 Å². The molecule has 27 heavy (non-hydrogen) atoms. The van der Waals surface area contributed by atoms with Crippen LogP contribution >= 0.6 is 35.6 Å². The van der Waals surface area contributed by atoms with E-state index >= 15 is 0 Å². The number of rotatable bonds is 3. The van der Waals surface area contributed by atoms with Gasteiger partial charge in [-0.05, 0) is 56.7 Å². The molecule has 2 aliphatic heterocycles. The predicted molar refractivity (Wildman–Crippen MR) is 111 cm³/mol. The predicted octanol–water partition coefficient (Wildman–Crippen LogP) is 3.61. The van der Waals surface area contributed by atoms with Gasteiger partial charge in [0.25, 0.3) is 5.91 Å². The third kappa shape index (κ3) is 4.89. The van der Waals surface area contributed by atoms with Gasteiger partial charge in [-0.1, -0.05) is 23.2 Å². The summed E-state index contributed by atoms with van der Waals surface area (Å²) in [5, 5.41) is 0.813. The van der Waals surface area contributed by atoms with Crippen LogP contribution in [0.15, 0.2) is 18.2 Å². The number of hydrogen-bond donors (Lipinski definition) is 1. The van der Waals surface area contributed by atoms with Gasteiger partial charge in [0.15, 0.2) is 0 Å². The van der Waals surface area contributed by atoms with E-state index in [4.69, 9.17) is 28.9 Å². The average molecular weight is 435 g/mol. The Morgan fingerprint density at radius 3 is 2.44 bits per heavy atom. The zero-order valence-corrected chi connectivity index (χ0v) is 17.7. The fourth-order valence-corrected chi connectivity index (χ4v) is 4.31. The molecule has 8 heteroatoms. The van der Waals surface area contributed by atoms with Gasteiger partial charge in [-0.15, -0.1) is 12.4 Å². The Morgan fingerprint density at radius 2 is 1.81 bits per heavy atom. The second-order valence-corrected chi connectivity index (χ2v) is 8.15. The lowest BCUT2D eigenvalue weighted by Gasteiger charge is -2.36. The highest BCUT2D eigenvalue weighted by molar-refractivity contribution is 6.35. The number of carbonyl (C=O) groups is 2. The van der Waals surface area contributed by atoms with E-state index in [9.17, 15) is 9.59 Å². The van der Waals surface area contributed by atoms with E-state index in [1.165, 1.54) is 0 Å². The second-order valence-electron chi connectivity index (χ2n) is 7.30. The summed E-state index contributed by atoms with van der Waals surface area (Å²) in [6.45, 7) is 4.01. The molecule has 2 aliphatic rings. The molecule has 2 atom stereocenters. The molecule has 5 nitrogen and oxygen atoms in total. The number of nitrogens with zero attached hydrogens (tertiary/aromatic N) is 2. The maximum atomic E-state index is 13.0. The summed E-state index contributed by atoms with van der Waals surface area (Å²) < 4.78 is 0. The molecule has 2 amide bonds. The zero-order valence-electron chi connectivity index (χ0n) is 15.4. The number of benzene rings is 1. The SMILES string of the molecule is CC(N)C1CCN(C(=O)C2CCCN2C(=O)c2cc(Cl)ccc2Cl)CC1.Cl. The van der Waals surface area contributed by atoms with Gasteiger partial charge in [-0.2, -0.15) is 0 Å². The number of nitrogens with two attached hydrogens (primary N) is 1. The average Bonchev–Trinajstić information content (AvgIpc) is 3.12. The van der Waals surface area contributed by atoms with Crippen molar-refractivity contribution in [2.75, 3.05) is 19.6 Å². The number of hydrogen-bond acceptors (Lipinski definition) is 3. The standard InChI is InChI=1S/C19H25Cl2N3O2.ClH/c1-12(22)13-6-9-23(10-7-13)19(26)17-3-2-8-24(17)18(25)15-11-14(20)4-5-16(15)21;/h4-5,11-13,17H,2-3,6-10,22H2,1H3;1H. The van der Waals surface area contributed by atoms with E-state index in [1.807, 2.05) is 11.8 Å². The first-order valence-corrected chi connectivity index (χ1v) is 9.94. The zero-order chi connectivity index (χ0) is 18.8. The van der Waals surface area contributed by atoms with Crippen molar-refractivity contribution in [1.29, 1.82) is 0 Å². The fraction of sp³-hybridized carbons (Fsp3) is 0.579. The number of piperidine rings is 1. The Labute approximate surface area is 176 Å². The summed E-state index contributed by atoms with van der Waals surface area (Å²) in [6.07, 6.45) is 3.35. The molecular formula is C19H26Cl3N3O2. The van der Waals surface area contributed by atoms with E-state index in [2.05, 4.69) is 0 Å². The van der Waals surface area contributed by atoms with Crippen molar-refractivity contribution >= 4 is 47.4 Å². The van der Waals surface area contributed by atoms with Gasteiger partial charge in [0, 0.05) is 30.7 Å². The molecule has 0 saturated carbocycles. The van der Waals surface area contributed by atoms with Crippen molar-refractivity contribution in [2.24, 2.45) is 11.7 Å². The maximum absolute atomic E-state index is 13.0. The van der Waals surface area contributed by atoms with Crippen LogP contribution in [0.2, 0.25) is 10.0 Å². The highest BCUT2D eigenvalue weighted by atomic mass is 35.5. The van der Waals surface area contributed by atoms with Crippen LogP contribution in [0.4, 0.5) is 0 Å². The topological polar surface area (TPSA) is 66.6 Å². The lowest BCUT2D eigenvalue weighted by molar-refractivity contribution is -0.136. The Morgan fingerprint density at radius 1 is 1.15 bits per heavy atom. The molecule has 0 bridgehead atoms. The van der Waals surface area contributed by atoms with E-state index in [1.54, 1.807) is 23.1 Å². The van der Waals surface area contributed by atoms with Crippen LogP contribution in [-0.2, 0) is 4.79 Å². The number of carbonyl (C=O) groups excluding carboxylic acids is 2. The molecular weight excluding hydrogens is 409 g/mol. The second kappa shape index (κ2) is 9.46. The minimum Gasteiger partial charge on any atom is -0.341 e. The highest BCUT2D eigenvalue weighted by Crippen LogP contribution is 2.28. The van der Waals surface area contributed by atoms with Gasteiger partial charge >= 0.3 is 0 Å². The molecule has 2 saturated heterocycles. The summed E-state index contributed by atoms with van der Waals surface area (Å²) in [6, 6.07) is 4.57. The molecule has 2 fully saturated rings. The number of amides is 2. The Bertz CT molecular complexity index is 691. The van der Waals surface area contributed by atoms with Gasteiger partial charge in [0.2, 0.25) is 5.91 Å². The number of likely N-dealkylation sites (tertiary alicyclic amines) is 2. The van der Waals surface area contributed by atoms with Crippen molar-refractivity contribution in [2.45, 2.75) is 44.7 Å². The van der Waals surface area contributed by atoms with Crippen molar-refractivity contribution in [3.8, 4) is 0 Å². The molecule has 0 spiro atoms. The normalized spacial score (nSPS) is 21.7. The Hall–Kier alpha value is -1.01. The Kier molecular flexibility index (Phi) is 7.81. The molecule has 1 aromatic carbocycles. The van der Waals surface area contributed by atoms with E-state index in [-0.39, 0.29) is 30.3 Å². The third-order valence-corrected chi connectivity index (χ3v) is 6.12. The van der Waals surface area contributed by atoms with Crippen LogP contribution in [-0.4, -0.2) is 53.3 Å². The summed E-state index contributed by atoms with van der Waals surface area (Å²) in [7, 11) is 0. The molecule has 0 aliphatic carbocycles. The fourth-order valence-electron chi connectivity index (χ4n) is 3.94. The van der Waals surface area contributed by atoms with Crippen LogP contribution in [0.5, 0.6) is 0 Å².